The molecule has 19 heavy (non-hydrogen) atoms. The number of phenolic OH excluding ortho intramolecular Hbond substituents is 1. The lowest BCUT2D eigenvalue weighted by Crippen LogP contribution is -2.43. The number of rotatable bonds is 3. The minimum Gasteiger partial charge on any atom is -0.508 e. The molecule has 4 N–H and O–H groups in total. The van der Waals surface area contributed by atoms with Gasteiger partial charge in [-0.05, 0) is 37.3 Å². The number of carbonyl (C=O) groups excluding carboxylic acids is 1. The van der Waals surface area contributed by atoms with E-state index in [2.05, 4.69) is 11.6 Å². The number of thioether (sulfide) groups is 1. The second-order valence-electron chi connectivity index (χ2n) is 4.91. The molecule has 1 fully saturated rings. The smallest absolute Gasteiger partial charge is 0.253 e. The van der Waals surface area contributed by atoms with Crippen LogP contribution in [0.15, 0.2) is 18.2 Å². The van der Waals surface area contributed by atoms with Crippen LogP contribution in [0, 0.1) is 0 Å². The van der Waals surface area contributed by atoms with E-state index in [1.807, 2.05) is 0 Å². The zero-order valence-electron chi connectivity index (χ0n) is 11.1. The van der Waals surface area contributed by atoms with Crippen molar-refractivity contribution < 1.29 is 9.90 Å². The quantitative estimate of drug-likeness (QED) is 0.587. The van der Waals surface area contributed by atoms with E-state index in [-0.39, 0.29) is 17.7 Å². The van der Waals surface area contributed by atoms with Crippen molar-refractivity contribution in [3.05, 3.63) is 23.8 Å². The van der Waals surface area contributed by atoms with Gasteiger partial charge in [0.2, 0.25) is 0 Å². The second kappa shape index (κ2) is 6.19. The van der Waals surface area contributed by atoms with Crippen LogP contribution < -0.4 is 11.1 Å². The maximum absolute atomic E-state index is 12.2. The van der Waals surface area contributed by atoms with Crippen molar-refractivity contribution in [2.75, 3.05) is 12.0 Å². The van der Waals surface area contributed by atoms with Crippen molar-refractivity contribution >= 4 is 23.4 Å². The van der Waals surface area contributed by atoms with E-state index in [0.717, 1.165) is 19.3 Å². The summed E-state index contributed by atoms with van der Waals surface area (Å²) in [6.45, 7) is 0. The number of carbonyl (C=O) groups is 1. The largest absolute Gasteiger partial charge is 0.508 e. The lowest BCUT2D eigenvalue weighted by molar-refractivity contribution is 0.0930. The van der Waals surface area contributed by atoms with Crippen LogP contribution >= 0.6 is 11.8 Å². The summed E-state index contributed by atoms with van der Waals surface area (Å²) in [5.74, 6) is -0.135. The predicted molar refractivity (Wildman–Crippen MR) is 79.5 cm³/mol. The van der Waals surface area contributed by atoms with E-state index < -0.39 is 0 Å². The molecule has 1 saturated carbocycles. The lowest BCUT2D eigenvalue weighted by Gasteiger charge is -2.31. The van der Waals surface area contributed by atoms with Crippen molar-refractivity contribution in [2.24, 2.45) is 0 Å². The van der Waals surface area contributed by atoms with Crippen molar-refractivity contribution in [1.82, 2.24) is 5.32 Å². The van der Waals surface area contributed by atoms with Gasteiger partial charge < -0.3 is 16.2 Å². The second-order valence-corrected chi connectivity index (χ2v) is 5.99. The van der Waals surface area contributed by atoms with Gasteiger partial charge in [-0.2, -0.15) is 11.8 Å². The Hall–Kier alpha value is -1.36. The number of nitrogens with two attached hydrogens (primary N) is 1. The number of aromatic hydroxyl groups is 1. The van der Waals surface area contributed by atoms with Gasteiger partial charge in [-0.3, -0.25) is 4.79 Å². The van der Waals surface area contributed by atoms with Gasteiger partial charge in [0.05, 0.1) is 5.56 Å². The highest BCUT2D eigenvalue weighted by Gasteiger charge is 2.26. The number of benzene rings is 1. The van der Waals surface area contributed by atoms with Gasteiger partial charge in [-0.15, -0.1) is 0 Å². The van der Waals surface area contributed by atoms with Gasteiger partial charge in [-0.25, -0.2) is 0 Å². The highest BCUT2D eigenvalue weighted by atomic mass is 32.2. The van der Waals surface area contributed by atoms with Crippen LogP contribution in [0.1, 0.15) is 36.0 Å². The van der Waals surface area contributed by atoms with E-state index in [1.165, 1.54) is 18.6 Å². The van der Waals surface area contributed by atoms with Gasteiger partial charge in [0.1, 0.15) is 5.75 Å². The number of phenols is 1. The zero-order valence-corrected chi connectivity index (χ0v) is 11.9. The number of nitrogens with one attached hydrogen (secondary N) is 1. The Morgan fingerprint density at radius 3 is 2.89 bits per heavy atom. The first-order chi connectivity index (χ1) is 9.11. The molecule has 104 valence electrons. The fraction of sp³-hybridized carbons (Fsp3) is 0.500. The van der Waals surface area contributed by atoms with E-state index in [1.54, 1.807) is 17.8 Å². The molecule has 0 spiro atoms. The van der Waals surface area contributed by atoms with Crippen LogP contribution in [0.2, 0.25) is 0 Å². The SMILES string of the molecule is CSC1CCCCC1NC(=O)c1cc(O)ccc1N. The van der Waals surface area contributed by atoms with Gasteiger partial charge >= 0.3 is 0 Å². The number of anilines is 1. The molecular weight excluding hydrogens is 260 g/mol. The predicted octanol–water partition coefficient (Wildman–Crippen LogP) is 2.38. The highest BCUT2D eigenvalue weighted by Crippen LogP contribution is 2.28. The van der Waals surface area contributed by atoms with Crippen molar-refractivity contribution in [3.8, 4) is 5.75 Å². The van der Waals surface area contributed by atoms with E-state index in [4.69, 9.17) is 5.73 Å². The first-order valence-corrected chi connectivity index (χ1v) is 7.82. The summed E-state index contributed by atoms with van der Waals surface area (Å²) in [5.41, 5.74) is 6.53. The molecule has 0 saturated heterocycles. The molecule has 0 heterocycles. The molecule has 1 aromatic carbocycles. The third-order valence-electron chi connectivity index (χ3n) is 3.60. The summed E-state index contributed by atoms with van der Waals surface area (Å²) in [5, 5.41) is 13.0. The van der Waals surface area contributed by atoms with Crippen LogP contribution in [0.25, 0.3) is 0 Å². The Morgan fingerprint density at radius 1 is 1.42 bits per heavy atom. The first kappa shape index (κ1) is 14.1. The number of hydrogen-bond donors (Lipinski definition) is 3. The molecule has 0 aromatic heterocycles. The normalized spacial score (nSPS) is 23.0. The molecule has 2 rings (SSSR count). The minimum absolute atomic E-state index is 0.0596. The van der Waals surface area contributed by atoms with Crippen LogP contribution in [0.3, 0.4) is 0 Å². The van der Waals surface area contributed by atoms with Crippen molar-refractivity contribution in [3.63, 3.8) is 0 Å². The molecule has 1 aliphatic rings. The van der Waals surface area contributed by atoms with Crippen LogP contribution in [0.5, 0.6) is 5.75 Å². The van der Waals surface area contributed by atoms with Crippen molar-refractivity contribution in [2.45, 2.75) is 37.0 Å². The van der Waals surface area contributed by atoms with E-state index in [9.17, 15) is 9.90 Å². The summed E-state index contributed by atoms with van der Waals surface area (Å²) in [6.07, 6.45) is 6.61. The average molecular weight is 280 g/mol. The Bertz CT molecular complexity index is 465. The fourth-order valence-electron chi connectivity index (χ4n) is 2.53. The van der Waals surface area contributed by atoms with Gasteiger partial charge in [0, 0.05) is 17.0 Å². The molecule has 2 unspecified atom stereocenters. The minimum atomic E-state index is -0.195. The first-order valence-electron chi connectivity index (χ1n) is 6.54. The highest BCUT2D eigenvalue weighted by molar-refractivity contribution is 7.99. The third-order valence-corrected chi connectivity index (χ3v) is 4.77. The summed E-state index contributed by atoms with van der Waals surface area (Å²) >= 11 is 1.80. The molecule has 1 amide bonds. The molecule has 4 nitrogen and oxygen atoms in total. The number of nitrogen functional groups attached to an aromatic ring is 1. The molecule has 1 aromatic rings. The Morgan fingerprint density at radius 2 is 2.16 bits per heavy atom. The van der Waals surface area contributed by atoms with Gasteiger partial charge in [-0.1, -0.05) is 12.8 Å². The van der Waals surface area contributed by atoms with Crippen LogP contribution in [-0.2, 0) is 0 Å². The maximum Gasteiger partial charge on any atom is 0.253 e. The topological polar surface area (TPSA) is 75.3 Å². The lowest BCUT2D eigenvalue weighted by atomic mass is 9.94. The summed E-state index contributed by atoms with van der Waals surface area (Å²) in [6, 6.07) is 4.65. The van der Waals surface area contributed by atoms with Gasteiger partial charge in [0.15, 0.2) is 0 Å². The number of amides is 1. The monoisotopic (exact) mass is 280 g/mol. The fourth-order valence-corrected chi connectivity index (χ4v) is 3.47. The Labute approximate surface area is 117 Å². The molecule has 1 aliphatic carbocycles. The van der Waals surface area contributed by atoms with Crippen LogP contribution in [-0.4, -0.2) is 28.6 Å². The molecule has 0 bridgehead atoms. The van der Waals surface area contributed by atoms with E-state index >= 15 is 0 Å². The molecular formula is C14H20N2O2S. The molecule has 0 aliphatic heterocycles. The number of hydrogen-bond acceptors (Lipinski definition) is 4. The van der Waals surface area contributed by atoms with E-state index in [0.29, 0.717) is 16.5 Å². The Balaban J connectivity index is 2.09. The van der Waals surface area contributed by atoms with Crippen molar-refractivity contribution in [1.29, 1.82) is 0 Å². The Kier molecular flexibility index (Phi) is 4.58. The average Bonchev–Trinajstić information content (AvgIpc) is 2.42. The summed E-state index contributed by atoms with van der Waals surface area (Å²) in [7, 11) is 0. The standard InChI is InChI=1S/C14H20N2O2S/c1-19-13-5-3-2-4-12(13)16-14(18)10-8-9(17)6-7-11(10)15/h6-8,12-13,17H,2-5,15H2,1H3,(H,16,18). The van der Waals surface area contributed by atoms with Gasteiger partial charge in [0.25, 0.3) is 5.91 Å². The molecule has 0 radical (unpaired) electrons. The molecule has 5 heteroatoms. The summed E-state index contributed by atoms with van der Waals surface area (Å²) in [4.78, 5) is 12.2. The summed E-state index contributed by atoms with van der Waals surface area (Å²) < 4.78 is 0. The van der Waals surface area contributed by atoms with Crippen LogP contribution in [0.4, 0.5) is 5.69 Å². The molecule has 2 atom stereocenters. The maximum atomic E-state index is 12.2. The third kappa shape index (κ3) is 3.35. The zero-order chi connectivity index (χ0) is 13.8.